The molecule has 5 heteroatoms. The van der Waals surface area contributed by atoms with Crippen molar-refractivity contribution in [3.63, 3.8) is 0 Å². The van der Waals surface area contributed by atoms with Gasteiger partial charge in [-0.25, -0.2) is 8.78 Å². The van der Waals surface area contributed by atoms with Gasteiger partial charge in [-0.1, -0.05) is 15.9 Å². The van der Waals surface area contributed by atoms with Crippen LogP contribution in [0.3, 0.4) is 0 Å². The van der Waals surface area contributed by atoms with Crippen molar-refractivity contribution in [2.75, 3.05) is 11.9 Å². The second-order valence-corrected chi connectivity index (χ2v) is 5.17. The Morgan fingerprint density at radius 1 is 1.10 bits per heavy atom. The van der Waals surface area contributed by atoms with Crippen molar-refractivity contribution < 1.29 is 8.78 Å². The fourth-order valence-corrected chi connectivity index (χ4v) is 2.22. The Labute approximate surface area is 124 Å². The largest absolute Gasteiger partial charge is 0.384 e. The molecule has 0 aliphatic rings. The first-order valence-corrected chi connectivity index (χ1v) is 6.76. The quantitative estimate of drug-likeness (QED) is 0.905. The van der Waals surface area contributed by atoms with E-state index in [0.717, 1.165) is 10.5 Å². The summed E-state index contributed by atoms with van der Waals surface area (Å²) in [6.45, 7) is 0.485. The summed E-state index contributed by atoms with van der Waals surface area (Å²) in [5.74, 6) is -1.16. The van der Waals surface area contributed by atoms with Crippen LogP contribution in [0.4, 0.5) is 14.5 Å². The van der Waals surface area contributed by atoms with E-state index in [9.17, 15) is 8.78 Å². The maximum atomic E-state index is 13.0. The average molecular weight is 337 g/mol. The molecule has 0 aromatic heterocycles. The molecule has 0 amide bonds. The summed E-state index contributed by atoms with van der Waals surface area (Å²) in [4.78, 5) is 0. The standard InChI is InChI=1S/C15H11BrF2N2/c16-12-1-2-15(11(7-12)9-19)20-4-3-10-5-13(17)8-14(18)6-10/h1-2,5-8,20H,3-4H2. The monoisotopic (exact) mass is 336 g/mol. The van der Waals surface area contributed by atoms with Gasteiger partial charge in [0.15, 0.2) is 0 Å². The molecule has 1 N–H and O–H groups in total. The minimum atomic E-state index is -0.582. The molecule has 2 nitrogen and oxygen atoms in total. The van der Waals surface area contributed by atoms with Crippen molar-refractivity contribution in [2.45, 2.75) is 6.42 Å². The molecule has 2 aromatic carbocycles. The third kappa shape index (κ3) is 3.78. The topological polar surface area (TPSA) is 35.8 Å². The molecule has 0 heterocycles. The van der Waals surface area contributed by atoms with E-state index in [1.807, 2.05) is 6.07 Å². The Bertz CT molecular complexity index is 645. The Morgan fingerprint density at radius 2 is 1.80 bits per heavy atom. The fourth-order valence-electron chi connectivity index (χ4n) is 1.86. The number of rotatable bonds is 4. The van der Waals surface area contributed by atoms with E-state index in [2.05, 4.69) is 27.3 Å². The second kappa shape index (κ2) is 6.49. The van der Waals surface area contributed by atoms with E-state index in [4.69, 9.17) is 5.26 Å². The lowest BCUT2D eigenvalue weighted by atomic mass is 10.1. The number of hydrogen-bond acceptors (Lipinski definition) is 2. The van der Waals surface area contributed by atoms with Crippen molar-refractivity contribution in [1.29, 1.82) is 5.26 Å². The number of hydrogen-bond donors (Lipinski definition) is 1. The molecule has 0 spiro atoms. The Morgan fingerprint density at radius 3 is 2.45 bits per heavy atom. The zero-order chi connectivity index (χ0) is 14.5. The number of nitriles is 1. The molecule has 2 rings (SSSR count). The minimum absolute atomic E-state index is 0.468. The van der Waals surface area contributed by atoms with Crippen LogP contribution in [0.1, 0.15) is 11.1 Å². The van der Waals surface area contributed by atoms with Crippen LogP contribution < -0.4 is 5.32 Å². The van der Waals surface area contributed by atoms with Gasteiger partial charge in [-0.2, -0.15) is 5.26 Å². The lowest BCUT2D eigenvalue weighted by Gasteiger charge is -2.09. The van der Waals surface area contributed by atoms with Gasteiger partial charge in [-0.05, 0) is 42.3 Å². The number of nitrogens with one attached hydrogen (secondary N) is 1. The van der Waals surface area contributed by atoms with Crippen LogP contribution in [-0.2, 0) is 6.42 Å². The van der Waals surface area contributed by atoms with Gasteiger partial charge in [0, 0.05) is 17.1 Å². The Balaban J connectivity index is 2.01. The average Bonchev–Trinajstić information content (AvgIpc) is 2.39. The van der Waals surface area contributed by atoms with E-state index < -0.39 is 11.6 Å². The molecule has 2 aromatic rings. The van der Waals surface area contributed by atoms with E-state index >= 15 is 0 Å². The third-order valence-electron chi connectivity index (χ3n) is 2.75. The van der Waals surface area contributed by atoms with Gasteiger partial charge in [-0.3, -0.25) is 0 Å². The van der Waals surface area contributed by atoms with Crippen LogP contribution in [0.2, 0.25) is 0 Å². The summed E-state index contributed by atoms with van der Waals surface area (Å²) in [6, 6.07) is 10.9. The summed E-state index contributed by atoms with van der Waals surface area (Å²) < 4.78 is 26.9. The van der Waals surface area contributed by atoms with Crippen LogP contribution in [0.25, 0.3) is 0 Å². The molecule has 0 radical (unpaired) electrons. The molecule has 0 atom stereocenters. The van der Waals surface area contributed by atoms with Gasteiger partial charge in [-0.15, -0.1) is 0 Å². The summed E-state index contributed by atoms with van der Waals surface area (Å²) in [7, 11) is 0. The summed E-state index contributed by atoms with van der Waals surface area (Å²) in [5.41, 5.74) is 1.79. The highest BCUT2D eigenvalue weighted by atomic mass is 79.9. The molecule has 20 heavy (non-hydrogen) atoms. The summed E-state index contributed by atoms with van der Waals surface area (Å²) in [6.07, 6.45) is 0.468. The molecule has 0 saturated heterocycles. The molecule has 0 fully saturated rings. The molecule has 0 aliphatic heterocycles. The van der Waals surface area contributed by atoms with Crippen LogP contribution in [0.15, 0.2) is 40.9 Å². The van der Waals surface area contributed by atoms with Gasteiger partial charge in [0.1, 0.15) is 17.7 Å². The third-order valence-corrected chi connectivity index (χ3v) is 3.25. The maximum absolute atomic E-state index is 13.0. The van der Waals surface area contributed by atoms with Gasteiger partial charge < -0.3 is 5.32 Å². The van der Waals surface area contributed by atoms with Gasteiger partial charge >= 0.3 is 0 Å². The Kier molecular flexibility index (Phi) is 4.70. The summed E-state index contributed by atoms with van der Waals surface area (Å²) >= 11 is 3.30. The van der Waals surface area contributed by atoms with Gasteiger partial charge in [0.2, 0.25) is 0 Å². The SMILES string of the molecule is N#Cc1cc(Br)ccc1NCCc1cc(F)cc(F)c1. The highest BCUT2D eigenvalue weighted by molar-refractivity contribution is 9.10. The van der Waals surface area contributed by atoms with Crippen LogP contribution in [0.5, 0.6) is 0 Å². The number of halogens is 3. The normalized spacial score (nSPS) is 10.1. The van der Waals surface area contributed by atoms with Gasteiger partial charge in [0.05, 0.1) is 11.3 Å². The highest BCUT2D eigenvalue weighted by Gasteiger charge is 2.04. The first-order valence-electron chi connectivity index (χ1n) is 5.97. The number of anilines is 1. The van der Waals surface area contributed by atoms with Crippen molar-refractivity contribution in [3.05, 3.63) is 63.6 Å². The van der Waals surface area contributed by atoms with E-state index in [1.54, 1.807) is 12.1 Å². The van der Waals surface area contributed by atoms with Crippen LogP contribution in [-0.4, -0.2) is 6.54 Å². The number of benzene rings is 2. The minimum Gasteiger partial charge on any atom is -0.384 e. The highest BCUT2D eigenvalue weighted by Crippen LogP contribution is 2.20. The molecule has 0 unspecified atom stereocenters. The molecular weight excluding hydrogens is 326 g/mol. The van der Waals surface area contributed by atoms with Crippen molar-refractivity contribution in [1.82, 2.24) is 0 Å². The zero-order valence-electron chi connectivity index (χ0n) is 10.5. The smallest absolute Gasteiger partial charge is 0.126 e. The lowest BCUT2D eigenvalue weighted by molar-refractivity contribution is 0.580. The molecule has 0 bridgehead atoms. The van der Waals surface area contributed by atoms with E-state index in [1.165, 1.54) is 12.1 Å². The predicted molar refractivity (Wildman–Crippen MR) is 77.4 cm³/mol. The Hall–Kier alpha value is -1.93. The zero-order valence-corrected chi connectivity index (χ0v) is 12.0. The van der Waals surface area contributed by atoms with Crippen molar-refractivity contribution in [2.24, 2.45) is 0 Å². The van der Waals surface area contributed by atoms with E-state index in [0.29, 0.717) is 29.8 Å². The first kappa shape index (κ1) is 14.5. The molecule has 0 saturated carbocycles. The summed E-state index contributed by atoms with van der Waals surface area (Å²) in [5, 5.41) is 12.1. The fraction of sp³-hybridized carbons (Fsp3) is 0.133. The molecular formula is C15H11BrF2N2. The lowest BCUT2D eigenvalue weighted by Crippen LogP contribution is -2.06. The van der Waals surface area contributed by atoms with Crippen molar-refractivity contribution in [3.8, 4) is 6.07 Å². The first-order chi connectivity index (χ1) is 9.58. The molecule has 102 valence electrons. The van der Waals surface area contributed by atoms with Crippen LogP contribution in [0, 0.1) is 23.0 Å². The second-order valence-electron chi connectivity index (χ2n) is 4.26. The van der Waals surface area contributed by atoms with Gasteiger partial charge in [0.25, 0.3) is 0 Å². The molecule has 0 aliphatic carbocycles. The van der Waals surface area contributed by atoms with Crippen LogP contribution >= 0.6 is 15.9 Å². The van der Waals surface area contributed by atoms with Crippen molar-refractivity contribution >= 4 is 21.6 Å². The predicted octanol–water partition coefficient (Wildman–Crippen LogP) is 4.25. The maximum Gasteiger partial charge on any atom is 0.126 e. The number of nitrogens with zero attached hydrogens (tertiary/aromatic N) is 1. The van der Waals surface area contributed by atoms with E-state index in [-0.39, 0.29) is 0 Å².